The Bertz CT molecular complexity index is 126. The van der Waals surface area contributed by atoms with Crippen molar-refractivity contribution in [2.24, 2.45) is 5.92 Å². The van der Waals surface area contributed by atoms with Gasteiger partial charge < -0.3 is 14.2 Å². The molecule has 0 saturated heterocycles. The summed E-state index contributed by atoms with van der Waals surface area (Å²) in [7, 11) is -1.44. The summed E-state index contributed by atoms with van der Waals surface area (Å²) < 4.78 is 11.5. The molecule has 0 radical (unpaired) electrons. The van der Waals surface area contributed by atoms with Crippen molar-refractivity contribution in [1.82, 2.24) is 5.32 Å². The maximum absolute atomic E-state index is 5.73. The molecular formula is C11H27NO2Si. The Kier molecular flexibility index (Phi) is 10.7. The molecule has 4 heteroatoms. The van der Waals surface area contributed by atoms with E-state index in [0.29, 0.717) is 5.92 Å². The van der Waals surface area contributed by atoms with Crippen molar-refractivity contribution in [3.8, 4) is 0 Å². The third-order valence-corrected chi connectivity index (χ3v) is 3.72. The minimum Gasteiger partial charge on any atom is -0.396 e. The first-order chi connectivity index (χ1) is 7.20. The second-order valence-electron chi connectivity index (χ2n) is 4.22. The molecule has 0 atom stereocenters. The van der Waals surface area contributed by atoms with E-state index >= 15 is 0 Å². The van der Waals surface area contributed by atoms with Gasteiger partial charge in [0.2, 0.25) is 0 Å². The molecule has 0 heterocycles. The van der Waals surface area contributed by atoms with Crippen molar-refractivity contribution in [1.29, 1.82) is 0 Å². The van der Waals surface area contributed by atoms with E-state index < -0.39 is 9.28 Å². The van der Waals surface area contributed by atoms with Crippen molar-refractivity contribution in [2.75, 3.05) is 25.9 Å². The molecule has 0 aliphatic rings. The Morgan fingerprint density at radius 1 is 1.07 bits per heavy atom. The topological polar surface area (TPSA) is 30.5 Å². The molecule has 0 aromatic carbocycles. The van der Waals surface area contributed by atoms with Gasteiger partial charge in [-0.15, -0.1) is 0 Å². The molecule has 0 aliphatic heterocycles. The fourth-order valence-corrected chi connectivity index (χ4v) is 2.89. The molecule has 0 aliphatic carbocycles. The van der Waals surface area contributed by atoms with Crippen LogP contribution in [0, 0.1) is 5.92 Å². The van der Waals surface area contributed by atoms with Gasteiger partial charge in [0.05, 0.1) is 0 Å². The van der Waals surface area contributed by atoms with Crippen LogP contribution in [0.4, 0.5) is 0 Å². The Labute approximate surface area is 96.4 Å². The predicted molar refractivity (Wildman–Crippen MR) is 67.3 cm³/mol. The van der Waals surface area contributed by atoms with Crippen LogP contribution in [-0.4, -0.2) is 35.2 Å². The van der Waals surface area contributed by atoms with Gasteiger partial charge in [0, 0.05) is 19.4 Å². The summed E-state index contributed by atoms with van der Waals surface area (Å²) in [6.45, 7) is 11.4. The molecule has 0 unspecified atom stereocenters. The number of hydrogen-bond donors (Lipinski definition) is 1. The van der Waals surface area contributed by atoms with E-state index in [9.17, 15) is 0 Å². The molecule has 0 fully saturated rings. The van der Waals surface area contributed by atoms with Crippen LogP contribution >= 0.6 is 0 Å². The van der Waals surface area contributed by atoms with E-state index in [-0.39, 0.29) is 0 Å². The molecule has 0 rings (SSSR count). The van der Waals surface area contributed by atoms with Crippen LogP contribution < -0.4 is 5.32 Å². The second-order valence-corrected chi connectivity index (χ2v) is 6.16. The quantitative estimate of drug-likeness (QED) is 0.584. The maximum Gasteiger partial charge on any atom is 0.335 e. The standard InChI is InChI=1S/C11H27NO2Si/c1-5-7-13-15(14-8-6-2)10-12-9-11(3)4/h11-12,15H,5-10H2,1-4H3. The Balaban J connectivity index is 3.58. The molecule has 0 saturated carbocycles. The zero-order valence-corrected chi connectivity index (χ0v) is 11.9. The highest BCUT2D eigenvalue weighted by Gasteiger charge is 2.12. The molecular weight excluding hydrogens is 206 g/mol. The number of nitrogens with one attached hydrogen (secondary N) is 1. The Hall–Kier alpha value is 0.0969. The van der Waals surface area contributed by atoms with Crippen LogP contribution in [-0.2, 0) is 8.85 Å². The molecule has 15 heavy (non-hydrogen) atoms. The molecule has 0 aromatic rings. The third-order valence-electron chi connectivity index (χ3n) is 1.88. The lowest BCUT2D eigenvalue weighted by molar-refractivity contribution is 0.194. The van der Waals surface area contributed by atoms with Crippen LogP contribution in [0.15, 0.2) is 0 Å². The van der Waals surface area contributed by atoms with Gasteiger partial charge in [-0.25, -0.2) is 0 Å². The first kappa shape index (κ1) is 15.1. The predicted octanol–water partition coefficient (Wildman–Crippen LogP) is 1.84. The molecule has 92 valence electrons. The summed E-state index contributed by atoms with van der Waals surface area (Å²) in [5.41, 5.74) is 0. The Morgan fingerprint density at radius 2 is 1.60 bits per heavy atom. The molecule has 0 amide bonds. The third kappa shape index (κ3) is 10.4. The smallest absolute Gasteiger partial charge is 0.335 e. The summed E-state index contributed by atoms with van der Waals surface area (Å²) in [6.07, 6.45) is 3.07. The largest absolute Gasteiger partial charge is 0.396 e. The molecule has 1 N–H and O–H groups in total. The van der Waals surface area contributed by atoms with E-state index in [0.717, 1.165) is 38.8 Å². The van der Waals surface area contributed by atoms with Crippen LogP contribution in [0.5, 0.6) is 0 Å². The molecule has 0 spiro atoms. The maximum atomic E-state index is 5.73. The van der Waals surface area contributed by atoms with E-state index in [1.54, 1.807) is 0 Å². The molecule has 0 bridgehead atoms. The first-order valence-corrected chi connectivity index (χ1v) is 7.90. The average molecular weight is 233 g/mol. The fraction of sp³-hybridized carbons (Fsp3) is 1.00. The van der Waals surface area contributed by atoms with E-state index in [1.807, 2.05) is 0 Å². The first-order valence-electron chi connectivity index (χ1n) is 6.14. The van der Waals surface area contributed by atoms with Crippen molar-refractivity contribution in [3.63, 3.8) is 0 Å². The molecule has 0 aromatic heterocycles. The number of hydrogen-bond acceptors (Lipinski definition) is 3. The van der Waals surface area contributed by atoms with Gasteiger partial charge in [-0.2, -0.15) is 0 Å². The van der Waals surface area contributed by atoms with Crippen molar-refractivity contribution >= 4 is 9.28 Å². The van der Waals surface area contributed by atoms with Gasteiger partial charge in [0.15, 0.2) is 0 Å². The van der Waals surface area contributed by atoms with Crippen LogP contribution in [0.1, 0.15) is 40.5 Å². The van der Waals surface area contributed by atoms with Crippen LogP contribution in [0.25, 0.3) is 0 Å². The van der Waals surface area contributed by atoms with E-state index in [1.165, 1.54) is 0 Å². The minimum absolute atomic E-state index is 0.692. The highest BCUT2D eigenvalue weighted by atomic mass is 28.3. The van der Waals surface area contributed by atoms with Crippen LogP contribution in [0.3, 0.4) is 0 Å². The summed E-state index contributed by atoms with van der Waals surface area (Å²) in [5.74, 6) is 0.692. The van der Waals surface area contributed by atoms with Gasteiger partial charge in [-0.3, -0.25) is 0 Å². The van der Waals surface area contributed by atoms with Crippen molar-refractivity contribution in [2.45, 2.75) is 40.5 Å². The summed E-state index contributed by atoms with van der Waals surface area (Å²) in [6, 6.07) is 0. The lowest BCUT2D eigenvalue weighted by Gasteiger charge is -2.17. The Morgan fingerprint density at radius 3 is 2.00 bits per heavy atom. The second kappa shape index (κ2) is 10.6. The van der Waals surface area contributed by atoms with Gasteiger partial charge in [0.25, 0.3) is 0 Å². The average Bonchev–Trinajstić information content (AvgIpc) is 2.20. The fourth-order valence-electron chi connectivity index (χ4n) is 1.15. The van der Waals surface area contributed by atoms with Gasteiger partial charge in [-0.05, 0) is 25.3 Å². The minimum atomic E-state index is -1.44. The zero-order valence-electron chi connectivity index (χ0n) is 10.7. The number of rotatable bonds is 10. The highest BCUT2D eigenvalue weighted by Crippen LogP contribution is 1.94. The monoisotopic (exact) mass is 233 g/mol. The zero-order chi connectivity index (χ0) is 11.5. The lowest BCUT2D eigenvalue weighted by Crippen LogP contribution is -2.38. The van der Waals surface area contributed by atoms with Gasteiger partial charge in [-0.1, -0.05) is 27.7 Å². The van der Waals surface area contributed by atoms with Gasteiger partial charge >= 0.3 is 9.28 Å². The normalized spacial score (nSPS) is 11.6. The van der Waals surface area contributed by atoms with Gasteiger partial charge in [0.1, 0.15) is 0 Å². The SMILES string of the molecule is CCCO[SiH](CNCC(C)C)OCCC. The van der Waals surface area contributed by atoms with Crippen molar-refractivity contribution < 1.29 is 8.85 Å². The summed E-state index contributed by atoms with van der Waals surface area (Å²) in [5, 5.41) is 3.41. The van der Waals surface area contributed by atoms with Crippen molar-refractivity contribution in [3.05, 3.63) is 0 Å². The van der Waals surface area contributed by atoms with Crippen LogP contribution in [0.2, 0.25) is 0 Å². The summed E-state index contributed by atoms with van der Waals surface area (Å²) in [4.78, 5) is 0. The lowest BCUT2D eigenvalue weighted by atomic mass is 10.2. The highest BCUT2D eigenvalue weighted by molar-refractivity contribution is 6.44. The van der Waals surface area contributed by atoms with E-state index in [2.05, 4.69) is 33.0 Å². The molecule has 3 nitrogen and oxygen atoms in total. The van der Waals surface area contributed by atoms with E-state index in [4.69, 9.17) is 8.85 Å². The summed E-state index contributed by atoms with van der Waals surface area (Å²) >= 11 is 0.